The first-order valence-corrected chi connectivity index (χ1v) is 6.44. The van der Waals surface area contributed by atoms with Gasteiger partial charge in [-0.1, -0.05) is 11.3 Å². The highest BCUT2D eigenvalue weighted by Gasteiger charge is 2.14. The molecule has 8 heteroatoms. The number of hydrogen-bond donors (Lipinski definition) is 2. The lowest BCUT2D eigenvalue weighted by atomic mass is 10.2. The van der Waals surface area contributed by atoms with Gasteiger partial charge in [0.2, 0.25) is 0 Å². The minimum absolute atomic E-state index is 0.216. The summed E-state index contributed by atoms with van der Waals surface area (Å²) in [4.78, 5) is -0.216. The number of anilines is 1. The number of benzene rings is 1. The quantitative estimate of drug-likeness (QED) is 0.615. The van der Waals surface area contributed by atoms with Crippen LogP contribution in [-0.2, 0) is 10.1 Å². The summed E-state index contributed by atoms with van der Waals surface area (Å²) in [6, 6.07) is 3.90. The zero-order valence-corrected chi connectivity index (χ0v) is 9.49. The van der Waals surface area contributed by atoms with Gasteiger partial charge in [0.15, 0.2) is 0 Å². The summed E-state index contributed by atoms with van der Waals surface area (Å²) < 4.78 is 30.8. The summed E-state index contributed by atoms with van der Waals surface area (Å²) in [7, 11) is -4.23. The van der Waals surface area contributed by atoms with Crippen molar-refractivity contribution in [2.45, 2.75) is 4.90 Å². The van der Waals surface area contributed by atoms with E-state index in [9.17, 15) is 8.42 Å². The molecule has 0 aliphatic rings. The number of rotatable bonds is 2. The van der Waals surface area contributed by atoms with Gasteiger partial charge in [0.25, 0.3) is 10.1 Å². The van der Waals surface area contributed by atoms with Gasteiger partial charge in [-0.3, -0.25) is 4.55 Å². The number of nitrogens with zero attached hydrogens (tertiary/aromatic N) is 2. The molecule has 0 atom stereocenters. The highest BCUT2D eigenvalue weighted by Crippen LogP contribution is 2.29. The van der Waals surface area contributed by atoms with Crippen molar-refractivity contribution < 1.29 is 13.0 Å². The van der Waals surface area contributed by atoms with E-state index in [0.717, 1.165) is 0 Å². The average molecular weight is 257 g/mol. The van der Waals surface area contributed by atoms with Crippen LogP contribution >= 0.6 is 11.3 Å². The van der Waals surface area contributed by atoms with Crippen LogP contribution in [0.4, 0.5) is 5.69 Å². The molecule has 6 nitrogen and oxygen atoms in total. The van der Waals surface area contributed by atoms with Crippen molar-refractivity contribution in [2.24, 2.45) is 0 Å². The molecule has 0 saturated carbocycles. The van der Waals surface area contributed by atoms with E-state index in [2.05, 4.69) is 10.2 Å². The number of aromatic nitrogens is 2. The van der Waals surface area contributed by atoms with Crippen molar-refractivity contribution in [3.63, 3.8) is 0 Å². The van der Waals surface area contributed by atoms with Gasteiger partial charge in [-0.05, 0) is 18.2 Å². The van der Waals surface area contributed by atoms with Gasteiger partial charge < -0.3 is 5.73 Å². The van der Waals surface area contributed by atoms with Gasteiger partial charge in [-0.15, -0.1) is 10.2 Å². The van der Waals surface area contributed by atoms with Crippen LogP contribution in [0.1, 0.15) is 0 Å². The molecule has 0 bridgehead atoms. The van der Waals surface area contributed by atoms with E-state index in [0.29, 0.717) is 16.3 Å². The Bertz CT molecular complexity index is 607. The predicted octanol–water partition coefficient (Wildman–Crippen LogP) is 1.03. The van der Waals surface area contributed by atoms with Crippen LogP contribution < -0.4 is 5.73 Å². The van der Waals surface area contributed by atoms with E-state index in [4.69, 9.17) is 10.3 Å². The van der Waals surface area contributed by atoms with Crippen LogP contribution in [-0.4, -0.2) is 23.2 Å². The third kappa shape index (κ3) is 2.03. The summed E-state index contributed by atoms with van der Waals surface area (Å²) >= 11 is 1.23. The Labute approximate surface area is 95.5 Å². The third-order valence-corrected chi connectivity index (χ3v) is 3.49. The van der Waals surface area contributed by atoms with Crippen LogP contribution in [0.25, 0.3) is 10.6 Å². The molecule has 0 aliphatic heterocycles. The minimum Gasteiger partial charge on any atom is -0.398 e. The molecule has 1 aromatic carbocycles. The van der Waals surface area contributed by atoms with Crippen LogP contribution in [0.3, 0.4) is 0 Å². The van der Waals surface area contributed by atoms with E-state index >= 15 is 0 Å². The molecule has 0 saturated heterocycles. The molecule has 2 rings (SSSR count). The highest BCUT2D eigenvalue weighted by atomic mass is 32.2. The topological polar surface area (TPSA) is 106 Å². The molecule has 0 aliphatic carbocycles. The molecule has 16 heavy (non-hydrogen) atoms. The molecule has 3 N–H and O–H groups in total. The monoisotopic (exact) mass is 257 g/mol. The summed E-state index contributed by atoms with van der Waals surface area (Å²) in [5.74, 6) is 0. The Morgan fingerprint density at radius 3 is 2.69 bits per heavy atom. The van der Waals surface area contributed by atoms with Crippen LogP contribution in [0, 0.1) is 0 Å². The van der Waals surface area contributed by atoms with Crippen LogP contribution in [0.15, 0.2) is 28.6 Å². The molecular weight excluding hydrogens is 250 g/mol. The fourth-order valence-electron chi connectivity index (χ4n) is 1.17. The van der Waals surface area contributed by atoms with E-state index in [1.165, 1.54) is 35.0 Å². The van der Waals surface area contributed by atoms with E-state index < -0.39 is 10.1 Å². The van der Waals surface area contributed by atoms with Crippen molar-refractivity contribution in [1.82, 2.24) is 10.2 Å². The maximum absolute atomic E-state index is 10.9. The minimum atomic E-state index is -4.23. The van der Waals surface area contributed by atoms with Crippen molar-refractivity contribution in [3.8, 4) is 10.6 Å². The van der Waals surface area contributed by atoms with Crippen molar-refractivity contribution in [2.75, 3.05) is 5.73 Å². The first kappa shape index (κ1) is 11.0. The summed E-state index contributed by atoms with van der Waals surface area (Å²) in [6.45, 7) is 0. The van der Waals surface area contributed by atoms with E-state index in [1.807, 2.05) is 0 Å². The molecule has 0 fully saturated rings. The van der Waals surface area contributed by atoms with E-state index in [1.54, 1.807) is 0 Å². The van der Waals surface area contributed by atoms with Crippen LogP contribution in [0.5, 0.6) is 0 Å². The standard InChI is InChI=1S/C8H7N3O3S2/c9-7-2-1-5(16(12,13)14)3-6(7)8-11-10-4-15-8/h1-4H,9H2,(H,12,13,14). The third-order valence-electron chi connectivity index (χ3n) is 1.91. The Hall–Kier alpha value is -1.51. The van der Waals surface area contributed by atoms with Crippen molar-refractivity contribution in [1.29, 1.82) is 0 Å². The molecule has 1 heterocycles. The fraction of sp³-hybridized carbons (Fsp3) is 0. The zero-order chi connectivity index (χ0) is 11.8. The first-order valence-electron chi connectivity index (χ1n) is 4.12. The Morgan fingerprint density at radius 2 is 2.12 bits per heavy atom. The second-order valence-corrected chi connectivity index (χ2v) is 5.22. The molecule has 0 amide bonds. The SMILES string of the molecule is Nc1ccc(S(=O)(=O)O)cc1-c1nncs1. The number of hydrogen-bond acceptors (Lipinski definition) is 6. The van der Waals surface area contributed by atoms with Gasteiger partial charge in [0.1, 0.15) is 10.5 Å². The lowest BCUT2D eigenvalue weighted by molar-refractivity contribution is 0.483. The molecule has 0 radical (unpaired) electrons. The van der Waals surface area contributed by atoms with Gasteiger partial charge in [0.05, 0.1) is 4.90 Å². The number of nitrogen functional groups attached to an aromatic ring is 1. The van der Waals surface area contributed by atoms with Gasteiger partial charge >= 0.3 is 0 Å². The number of nitrogens with two attached hydrogens (primary N) is 1. The summed E-state index contributed by atoms with van der Waals surface area (Å²) in [5, 5.41) is 7.92. The second-order valence-electron chi connectivity index (χ2n) is 2.97. The Balaban J connectivity index is 2.63. The Morgan fingerprint density at radius 1 is 1.38 bits per heavy atom. The average Bonchev–Trinajstić information content (AvgIpc) is 2.69. The van der Waals surface area contributed by atoms with Gasteiger partial charge in [-0.25, -0.2) is 0 Å². The van der Waals surface area contributed by atoms with E-state index in [-0.39, 0.29) is 4.90 Å². The maximum atomic E-state index is 10.9. The summed E-state index contributed by atoms with van der Waals surface area (Å²) in [5.41, 5.74) is 8.02. The molecule has 1 aromatic heterocycles. The molecule has 84 valence electrons. The second kappa shape index (κ2) is 3.81. The largest absolute Gasteiger partial charge is 0.398 e. The molecular formula is C8H7N3O3S2. The Kier molecular flexibility index (Phi) is 2.62. The summed E-state index contributed by atoms with van der Waals surface area (Å²) in [6.07, 6.45) is 0. The smallest absolute Gasteiger partial charge is 0.294 e. The highest BCUT2D eigenvalue weighted by molar-refractivity contribution is 7.85. The normalized spacial score (nSPS) is 11.6. The van der Waals surface area contributed by atoms with Gasteiger partial charge in [0, 0.05) is 11.3 Å². The lowest BCUT2D eigenvalue weighted by Gasteiger charge is -2.03. The maximum Gasteiger partial charge on any atom is 0.294 e. The fourth-order valence-corrected chi connectivity index (χ4v) is 2.27. The first-order chi connectivity index (χ1) is 7.48. The van der Waals surface area contributed by atoms with Crippen LogP contribution in [0.2, 0.25) is 0 Å². The predicted molar refractivity (Wildman–Crippen MR) is 59.6 cm³/mol. The molecule has 2 aromatic rings. The van der Waals surface area contributed by atoms with Gasteiger partial charge in [-0.2, -0.15) is 8.42 Å². The molecule has 0 unspecified atom stereocenters. The van der Waals surface area contributed by atoms with Crippen molar-refractivity contribution >= 4 is 27.1 Å². The zero-order valence-electron chi connectivity index (χ0n) is 7.86. The lowest BCUT2D eigenvalue weighted by Crippen LogP contribution is -2.00. The molecule has 0 spiro atoms. The van der Waals surface area contributed by atoms with Crippen molar-refractivity contribution in [3.05, 3.63) is 23.7 Å².